The summed E-state index contributed by atoms with van der Waals surface area (Å²) in [4.78, 5) is 10.9. The van der Waals surface area contributed by atoms with E-state index in [1.807, 2.05) is 22.6 Å². The highest BCUT2D eigenvalue weighted by Gasteiger charge is 2.17. The Balaban J connectivity index is 3.15. The van der Waals surface area contributed by atoms with Crippen LogP contribution in [0.4, 0.5) is 4.39 Å². The summed E-state index contributed by atoms with van der Waals surface area (Å²) in [5, 5.41) is -0.748. The second-order valence-corrected chi connectivity index (χ2v) is 4.13. The lowest BCUT2D eigenvalue weighted by Gasteiger charge is -2.08. The van der Waals surface area contributed by atoms with E-state index in [2.05, 4.69) is 0 Å². The van der Waals surface area contributed by atoms with Crippen molar-refractivity contribution in [3.05, 3.63) is 33.1 Å². The average Bonchev–Trinajstić information content (AvgIpc) is 2.08. The maximum absolute atomic E-state index is 13.0. The van der Waals surface area contributed by atoms with Crippen molar-refractivity contribution in [3.8, 4) is 0 Å². The minimum Gasteiger partial charge on any atom is -0.298 e. The van der Waals surface area contributed by atoms with E-state index in [9.17, 15) is 9.18 Å². The molecule has 0 saturated heterocycles. The van der Waals surface area contributed by atoms with Gasteiger partial charge in [0, 0.05) is 0 Å². The molecule has 4 heteroatoms. The molecular formula is C9H7ClFIO. The fourth-order valence-electron chi connectivity index (χ4n) is 0.935. The lowest BCUT2D eigenvalue weighted by Crippen LogP contribution is -2.04. The van der Waals surface area contributed by atoms with Crippen LogP contribution in [0, 0.1) is 9.39 Å². The number of halogens is 3. The zero-order valence-corrected chi connectivity index (χ0v) is 9.76. The third-order valence-electron chi connectivity index (χ3n) is 1.61. The number of carbonyl (C=O) groups excluding carboxylic acids is 1. The Bertz CT molecular complexity index is 340. The first kappa shape index (κ1) is 10.9. The highest BCUT2D eigenvalue weighted by Crippen LogP contribution is 2.27. The first-order valence-corrected chi connectivity index (χ1v) is 5.14. The topological polar surface area (TPSA) is 17.1 Å². The number of Topliss-reactive ketones (excluding diaryl/α,β-unsaturated/α-hetero) is 1. The van der Waals surface area contributed by atoms with Gasteiger partial charge in [0.25, 0.3) is 0 Å². The molecule has 0 bridgehead atoms. The molecule has 0 heterocycles. The van der Waals surface area contributed by atoms with Crippen LogP contribution in [0.25, 0.3) is 0 Å². The van der Waals surface area contributed by atoms with Crippen LogP contribution in [-0.4, -0.2) is 5.78 Å². The number of alkyl halides is 1. The van der Waals surface area contributed by atoms with Crippen molar-refractivity contribution in [2.45, 2.75) is 12.3 Å². The molecule has 0 radical (unpaired) electrons. The number of carbonyl (C=O) groups is 1. The van der Waals surface area contributed by atoms with Crippen molar-refractivity contribution in [1.29, 1.82) is 0 Å². The van der Waals surface area contributed by atoms with Gasteiger partial charge in [-0.1, -0.05) is 12.1 Å². The van der Waals surface area contributed by atoms with Crippen LogP contribution in [-0.2, 0) is 4.79 Å². The Morgan fingerprint density at radius 2 is 2.23 bits per heavy atom. The minimum absolute atomic E-state index is 0.176. The summed E-state index contributed by atoms with van der Waals surface area (Å²) in [6, 6.07) is 4.55. The Morgan fingerprint density at radius 3 is 2.77 bits per heavy atom. The molecule has 1 atom stereocenters. The van der Waals surface area contributed by atoms with E-state index in [0.717, 1.165) is 0 Å². The monoisotopic (exact) mass is 312 g/mol. The highest BCUT2D eigenvalue weighted by molar-refractivity contribution is 14.1. The van der Waals surface area contributed by atoms with Gasteiger partial charge < -0.3 is 0 Å². The zero-order valence-electron chi connectivity index (χ0n) is 6.85. The number of hydrogen-bond donors (Lipinski definition) is 0. The van der Waals surface area contributed by atoms with E-state index in [1.165, 1.54) is 13.0 Å². The summed E-state index contributed by atoms with van der Waals surface area (Å²) in [7, 11) is 0. The molecule has 0 aliphatic rings. The van der Waals surface area contributed by atoms with E-state index >= 15 is 0 Å². The molecule has 13 heavy (non-hydrogen) atoms. The molecule has 1 rings (SSSR count). The van der Waals surface area contributed by atoms with Crippen molar-refractivity contribution in [3.63, 3.8) is 0 Å². The SMILES string of the molecule is CC(=O)C(Cl)c1cccc(F)c1I. The van der Waals surface area contributed by atoms with Gasteiger partial charge in [-0.2, -0.15) is 0 Å². The summed E-state index contributed by atoms with van der Waals surface area (Å²) in [6.45, 7) is 1.39. The quantitative estimate of drug-likeness (QED) is 0.605. The number of ketones is 1. The predicted molar refractivity (Wildman–Crippen MR) is 58.4 cm³/mol. The van der Waals surface area contributed by atoms with Crippen LogP contribution in [0.15, 0.2) is 18.2 Å². The molecule has 1 nitrogen and oxygen atoms in total. The lowest BCUT2D eigenvalue weighted by molar-refractivity contribution is -0.116. The van der Waals surface area contributed by atoms with Crippen LogP contribution in [0.1, 0.15) is 17.9 Å². The third-order valence-corrected chi connectivity index (χ3v) is 3.29. The van der Waals surface area contributed by atoms with Crippen molar-refractivity contribution in [1.82, 2.24) is 0 Å². The Kier molecular flexibility index (Phi) is 3.67. The van der Waals surface area contributed by atoms with E-state index in [0.29, 0.717) is 9.13 Å². The fraction of sp³-hybridized carbons (Fsp3) is 0.222. The summed E-state index contributed by atoms with van der Waals surface area (Å²) in [6.07, 6.45) is 0. The molecule has 0 saturated carbocycles. The van der Waals surface area contributed by atoms with Crippen molar-refractivity contribution in [2.75, 3.05) is 0 Å². The van der Waals surface area contributed by atoms with Gasteiger partial charge in [-0.25, -0.2) is 4.39 Å². The zero-order chi connectivity index (χ0) is 10.0. The van der Waals surface area contributed by atoms with Gasteiger partial charge >= 0.3 is 0 Å². The Labute approximate surface area is 94.4 Å². The van der Waals surface area contributed by atoms with Gasteiger partial charge in [0.05, 0.1) is 3.57 Å². The van der Waals surface area contributed by atoms with Crippen LogP contribution in [0.2, 0.25) is 0 Å². The summed E-state index contributed by atoms with van der Waals surface area (Å²) >= 11 is 7.64. The normalized spacial score (nSPS) is 12.6. The average molecular weight is 313 g/mol. The van der Waals surface area contributed by atoms with Gasteiger partial charge in [0.15, 0.2) is 5.78 Å². The summed E-state index contributed by atoms with van der Waals surface area (Å²) in [5.74, 6) is -0.518. The Morgan fingerprint density at radius 1 is 1.62 bits per heavy atom. The van der Waals surface area contributed by atoms with Crippen molar-refractivity contribution >= 4 is 40.0 Å². The molecule has 0 spiro atoms. The van der Waals surface area contributed by atoms with Gasteiger partial charge in [-0.05, 0) is 41.1 Å². The van der Waals surface area contributed by atoms with Gasteiger partial charge in [0.1, 0.15) is 11.2 Å². The first-order valence-electron chi connectivity index (χ1n) is 3.62. The molecule has 0 fully saturated rings. The predicted octanol–water partition coefficient (Wildman–Crippen LogP) is 3.30. The van der Waals surface area contributed by atoms with E-state index < -0.39 is 5.38 Å². The maximum atomic E-state index is 13.0. The molecular weight excluding hydrogens is 305 g/mol. The van der Waals surface area contributed by atoms with Gasteiger partial charge in [-0.3, -0.25) is 4.79 Å². The van der Waals surface area contributed by atoms with Crippen LogP contribution >= 0.6 is 34.2 Å². The third kappa shape index (κ3) is 2.40. The van der Waals surface area contributed by atoms with Crippen molar-refractivity contribution in [2.24, 2.45) is 0 Å². The standard InChI is InChI=1S/C9H7ClFIO/c1-5(13)8(10)6-3-2-4-7(11)9(6)12/h2-4,8H,1H3. The molecule has 1 aromatic rings. The molecule has 70 valence electrons. The molecule has 0 aliphatic heterocycles. The minimum atomic E-state index is -0.748. The molecule has 0 aromatic heterocycles. The van der Waals surface area contributed by atoms with Crippen LogP contribution in [0.5, 0.6) is 0 Å². The van der Waals surface area contributed by atoms with E-state index in [4.69, 9.17) is 11.6 Å². The first-order chi connectivity index (χ1) is 6.04. The molecule has 0 aliphatic carbocycles. The van der Waals surface area contributed by atoms with Crippen LogP contribution < -0.4 is 0 Å². The van der Waals surface area contributed by atoms with E-state index in [-0.39, 0.29) is 11.6 Å². The van der Waals surface area contributed by atoms with Gasteiger partial charge in [0.2, 0.25) is 0 Å². The number of benzene rings is 1. The number of rotatable bonds is 2. The largest absolute Gasteiger partial charge is 0.298 e. The Hall–Kier alpha value is -0.160. The molecule has 0 amide bonds. The molecule has 1 unspecified atom stereocenters. The van der Waals surface area contributed by atoms with E-state index in [1.54, 1.807) is 12.1 Å². The van der Waals surface area contributed by atoms with Gasteiger partial charge in [-0.15, -0.1) is 11.6 Å². The highest BCUT2D eigenvalue weighted by atomic mass is 127. The van der Waals surface area contributed by atoms with Crippen LogP contribution in [0.3, 0.4) is 0 Å². The maximum Gasteiger partial charge on any atom is 0.152 e. The van der Waals surface area contributed by atoms with Crippen molar-refractivity contribution < 1.29 is 9.18 Å². The fourth-order valence-corrected chi connectivity index (χ4v) is 1.97. The summed E-state index contributed by atoms with van der Waals surface area (Å²) < 4.78 is 13.4. The molecule has 0 N–H and O–H groups in total. The molecule has 1 aromatic carbocycles. The lowest BCUT2D eigenvalue weighted by atomic mass is 10.1. The second kappa shape index (κ2) is 4.37. The smallest absolute Gasteiger partial charge is 0.152 e. The number of hydrogen-bond acceptors (Lipinski definition) is 1. The second-order valence-electron chi connectivity index (χ2n) is 2.62. The summed E-state index contributed by atoms with van der Waals surface area (Å²) in [5.41, 5.74) is 0.537.